The van der Waals surface area contributed by atoms with E-state index in [2.05, 4.69) is 0 Å². The van der Waals surface area contributed by atoms with Crippen molar-refractivity contribution in [1.82, 2.24) is 0 Å². The Morgan fingerprint density at radius 1 is 0.800 bits per heavy atom. The molecule has 0 radical (unpaired) electrons. The average Bonchev–Trinajstić information content (AvgIpc) is 2.55. The summed E-state index contributed by atoms with van der Waals surface area (Å²) < 4.78 is 8.18. The van der Waals surface area contributed by atoms with Crippen molar-refractivity contribution in [3.05, 3.63) is 37.5 Å². The van der Waals surface area contributed by atoms with Crippen LogP contribution in [0, 0.1) is 14.3 Å². The van der Waals surface area contributed by atoms with Crippen LogP contribution in [0.25, 0.3) is 0 Å². The van der Waals surface area contributed by atoms with E-state index in [0.717, 1.165) is 0 Å². The zero-order valence-corrected chi connectivity index (χ0v) is 21.6. The molecule has 0 spiro atoms. The van der Waals surface area contributed by atoms with Crippen LogP contribution in [0.3, 0.4) is 0 Å². The molecular formula is C16H14I4O5. The van der Waals surface area contributed by atoms with Gasteiger partial charge in [0.05, 0.1) is 20.4 Å². The molecule has 2 aromatic carbocycles. The van der Waals surface area contributed by atoms with Crippen LogP contribution in [0.4, 0.5) is 0 Å². The average molecular weight is 794 g/mol. The van der Waals surface area contributed by atoms with E-state index in [-0.39, 0.29) is 17.2 Å². The third kappa shape index (κ3) is 4.51. The summed E-state index contributed by atoms with van der Waals surface area (Å²) in [5.41, 5.74) is 1.33. The molecule has 2 rings (SSSR count). The minimum Gasteiger partial charge on any atom is -0.504 e. The first-order chi connectivity index (χ1) is 11.6. The molecule has 0 fully saturated rings. The number of aliphatic hydroxyl groups excluding tert-OH is 1. The zero-order valence-electron chi connectivity index (χ0n) is 13.0. The monoisotopic (exact) mass is 794 g/mol. The molecule has 0 saturated heterocycles. The summed E-state index contributed by atoms with van der Waals surface area (Å²) >= 11 is 7.92. The maximum atomic E-state index is 10.5. The second kappa shape index (κ2) is 8.68. The quantitative estimate of drug-likeness (QED) is 0.246. The number of hydrogen-bond donors (Lipinski definition) is 4. The molecule has 0 aromatic heterocycles. The zero-order chi connectivity index (χ0) is 19.0. The molecule has 0 bridgehead atoms. The van der Waals surface area contributed by atoms with E-state index >= 15 is 0 Å². The van der Waals surface area contributed by atoms with E-state index in [4.69, 9.17) is 4.74 Å². The van der Waals surface area contributed by atoms with E-state index in [0.29, 0.717) is 31.2 Å². The number of phenolic OH excluding ortho intramolecular Hbond substituents is 3. The fourth-order valence-electron chi connectivity index (χ4n) is 2.19. The number of benzene rings is 2. The Balaban J connectivity index is 2.46. The predicted molar refractivity (Wildman–Crippen MR) is 128 cm³/mol. The lowest BCUT2D eigenvalue weighted by atomic mass is 10.1. The molecule has 25 heavy (non-hydrogen) atoms. The second-order valence-electron chi connectivity index (χ2n) is 5.33. The highest BCUT2D eigenvalue weighted by Gasteiger charge is 2.23. The number of hydrogen-bond acceptors (Lipinski definition) is 5. The fourth-order valence-corrected chi connectivity index (χ4v) is 5.20. The molecule has 0 aliphatic carbocycles. The van der Waals surface area contributed by atoms with Crippen LogP contribution in [0.1, 0.15) is 37.2 Å². The molecule has 0 saturated carbocycles. The number of ether oxygens (including phenoxy) is 1. The summed E-state index contributed by atoms with van der Waals surface area (Å²) in [4.78, 5) is 0. The Hall–Kier alpha value is 0.520. The first-order valence-electron chi connectivity index (χ1n) is 7.01. The van der Waals surface area contributed by atoms with Crippen LogP contribution in [-0.2, 0) is 0 Å². The highest BCUT2D eigenvalue weighted by Crippen LogP contribution is 2.44. The second-order valence-corrected chi connectivity index (χ2v) is 9.82. The summed E-state index contributed by atoms with van der Waals surface area (Å²) in [6.07, 6.45) is -1.17. The van der Waals surface area contributed by atoms with Gasteiger partial charge in [0, 0.05) is 5.56 Å². The molecule has 0 aliphatic heterocycles. The van der Waals surface area contributed by atoms with E-state index in [1.807, 2.05) is 90.4 Å². The number of halogens is 4. The molecule has 9 heteroatoms. The smallest absolute Gasteiger partial charge is 0.176 e. The summed E-state index contributed by atoms with van der Waals surface area (Å²) in [7, 11) is 0. The van der Waals surface area contributed by atoms with Crippen molar-refractivity contribution in [2.24, 2.45) is 0 Å². The van der Waals surface area contributed by atoms with Crippen LogP contribution in [-0.4, -0.2) is 20.4 Å². The lowest BCUT2D eigenvalue weighted by Gasteiger charge is -2.21. The van der Waals surface area contributed by atoms with Crippen LogP contribution >= 0.6 is 90.4 Å². The molecule has 0 heterocycles. The fraction of sp³-hybridized carbons (Fsp3) is 0.250. The van der Waals surface area contributed by atoms with Crippen LogP contribution in [0.2, 0.25) is 0 Å². The van der Waals surface area contributed by atoms with Crippen molar-refractivity contribution in [3.63, 3.8) is 0 Å². The van der Waals surface area contributed by atoms with Gasteiger partial charge in [-0.15, -0.1) is 0 Å². The molecule has 5 nitrogen and oxygen atoms in total. The highest BCUT2D eigenvalue weighted by molar-refractivity contribution is 14.1. The van der Waals surface area contributed by atoms with Gasteiger partial charge in [0.15, 0.2) is 23.0 Å². The molecule has 4 N–H and O–H groups in total. The Labute approximate surface area is 199 Å². The van der Waals surface area contributed by atoms with Crippen molar-refractivity contribution >= 4 is 90.4 Å². The molecule has 0 amide bonds. The van der Waals surface area contributed by atoms with Crippen LogP contribution in [0.15, 0.2) is 12.1 Å². The third-order valence-corrected chi connectivity index (χ3v) is 7.44. The maximum Gasteiger partial charge on any atom is 0.176 e. The van der Waals surface area contributed by atoms with Crippen molar-refractivity contribution in [1.29, 1.82) is 0 Å². The van der Waals surface area contributed by atoms with E-state index < -0.39 is 12.2 Å². The van der Waals surface area contributed by atoms with Crippen molar-refractivity contribution < 1.29 is 25.2 Å². The van der Waals surface area contributed by atoms with Gasteiger partial charge in [-0.2, -0.15) is 0 Å². The summed E-state index contributed by atoms with van der Waals surface area (Å²) in [6.45, 7) is 3.44. The maximum absolute atomic E-state index is 10.5. The lowest BCUT2D eigenvalue weighted by Crippen LogP contribution is -2.08. The number of phenols is 3. The molecular weight excluding hydrogens is 780 g/mol. The SMILES string of the molecule is CC(O)c1cc(I)c(OC(C)c2cc(I)c(O)c(O)c2I)c(O)c1I. The number of aliphatic hydroxyl groups is 1. The minimum atomic E-state index is -0.700. The minimum absolute atomic E-state index is 0.0250. The number of rotatable bonds is 4. The third-order valence-electron chi connectivity index (χ3n) is 3.55. The highest BCUT2D eigenvalue weighted by atomic mass is 127. The van der Waals surface area contributed by atoms with Gasteiger partial charge in [-0.25, -0.2) is 0 Å². The predicted octanol–water partition coefficient (Wildman–Crippen LogP) is 5.42. The van der Waals surface area contributed by atoms with E-state index in [1.165, 1.54) is 0 Å². The summed E-state index contributed by atoms with van der Waals surface area (Å²) in [5.74, 6) is -0.0478. The Morgan fingerprint density at radius 2 is 1.32 bits per heavy atom. The van der Waals surface area contributed by atoms with Gasteiger partial charge in [0.1, 0.15) is 6.10 Å². The Kier molecular flexibility index (Phi) is 7.58. The standard InChI is InChI=1S/C16H14I4O5/c1-5(21)7-3-10(18)16(15(24)11(7)19)25-6(2)8-4-9(17)13(22)14(23)12(8)20/h3-6,21-24H,1-2H3. The lowest BCUT2D eigenvalue weighted by molar-refractivity contribution is 0.195. The van der Waals surface area contributed by atoms with Gasteiger partial charge in [0.25, 0.3) is 0 Å². The van der Waals surface area contributed by atoms with Gasteiger partial charge in [-0.3, -0.25) is 0 Å². The van der Waals surface area contributed by atoms with Gasteiger partial charge < -0.3 is 25.2 Å². The normalized spacial score (nSPS) is 13.6. The Bertz CT molecular complexity index is 823. The van der Waals surface area contributed by atoms with Gasteiger partial charge in [-0.1, -0.05) is 0 Å². The van der Waals surface area contributed by atoms with Crippen molar-refractivity contribution in [2.75, 3.05) is 0 Å². The van der Waals surface area contributed by atoms with Crippen molar-refractivity contribution in [3.8, 4) is 23.0 Å². The van der Waals surface area contributed by atoms with Crippen molar-refractivity contribution in [2.45, 2.75) is 26.1 Å². The molecule has 2 aromatic rings. The van der Waals surface area contributed by atoms with Gasteiger partial charge in [0.2, 0.25) is 0 Å². The largest absolute Gasteiger partial charge is 0.504 e. The Morgan fingerprint density at radius 3 is 1.88 bits per heavy atom. The summed E-state index contributed by atoms with van der Waals surface area (Å²) in [6, 6.07) is 3.51. The number of aromatic hydroxyl groups is 3. The first-order valence-corrected chi connectivity index (χ1v) is 11.3. The molecule has 0 aliphatic rings. The van der Waals surface area contributed by atoms with Crippen LogP contribution < -0.4 is 4.74 Å². The van der Waals surface area contributed by atoms with Crippen LogP contribution in [0.5, 0.6) is 23.0 Å². The molecule has 2 atom stereocenters. The van der Waals surface area contributed by atoms with Gasteiger partial charge in [-0.05, 0) is 122 Å². The molecule has 136 valence electrons. The van der Waals surface area contributed by atoms with E-state index in [9.17, 15) is 20.4 Å². The summed E-state index contributed by atoms with van der Waals surface area (Å²) in [5, 5.41) is 40.2. The first kappa shape index (κ1) is 21.8. The van der Waals surface area contributed by atoms with Gasteiger partial charge >= 0.3 is 0 Å². The topological polar surface area (TPSA) is 90.2 Å². The van der Waals surface area contributed by atoms with E-state index in [1.54, 1.807) is 26.0 Å². The molecule has 2 unspecified atom stereocenters.